The van der Waals surface area contributed by atoms with E-state index in [-0.39, 0.29) is 0 Å². The molecule has 0 aromatic rings. The molecule has 0 aliphatic carbocycles. The number of aliphatic hydroxyl groups is 1. The Labute approximate surface area is 77.8 Å². The molecule has 0 radical (unpaired) electrons. The second kappa shape index (κ2) is 4.34. The Morgan fingerprint density at radius 1 is 1.75 bits per heavy atom. The van der Waals surface area contributed by atoms with Crippen LogP contribution in [0.4, 0.5) is 0 Å². The predicted molar refractivity (Wildman–Crippen MR) is 55.2 cm³/mol. The number of aliphatic imine (C=N–C) groups is 1. The van der Waals surface area contributed by atoms with Gasteiger partial charge in [-0.3, -0.25) is 0 Å². The van der Waals surface area contributed by atoms with E-state index in [9.17, 15) is 5.11 Å². The van der Waals surface area contributed by atoms with E-state index in [2.05, 4.69) is 17.5 Å². The minimum absolute atomic E-state index is 0.498. The van der Waals surface area contributed by atoms with Gasteiger partial charge in [0.15, 0.2) is 5.60 Å². The number of hydrogen-bond donors (Lipinski definition) is 1. The van der Waals surface area contributed by atoms with E-state index in [4.69, 9.17) is 6.42 Å². The maximum absolute atomic E-state index is 9.60. The molecule has 12 heavy (non-hydrogen) atoms. The van der Waals surface area contributed by atoms with Crippen LogP contribution in [0.3, 0.4) is 0 Å². The minimum atomic E-state index is -1.28. The average Bonchev–Trinajstić information content (AvgIpc) is 1.99. The van der Waals surface area contributed by atoms with Crippen LogP contribution in [-0.4, -0.2) is 22.0 Å². The van der Waals surface area contributed by atoms with Gasteiger partial charge in [-0.2, -0.15) is 0 Å². The summed E-state index contributed by atoms with van der Waals surface area (Å²) in [5, 5.41) is 10.1. The van der Waals surface area contributed by atoms with Crippen molar-refractivity contribution < 1.29 is 5.11 Å². The first-order valence-corrected chi connectivity index (χ1v) is 4.65. The summed E-state index contributed by atoms with van der Waals surface area (Å²) in [6.07, 6.45) is 6.95. The van der Waals surface area contributed by atoms with Crippen LogP contribution in [0.15, 0.2) is 17.3 Å². The molecule has 1 unspecified atom stereocenters. The van der Waals surface area contributed by atoms with Crippen LogP contribution < -0.4 is 0 Å². The number of allylic oxidation sites excluding steroid dienone is 1. The fourth-order valence-corrected chi connectivity index (χ4v) is 1.29. The second-order valence-corrected chi connectivity index (χ2v) is 3.37. The molecule has 2 nitrogen and oxygen atoms in total. The largest absolute Gasteiger partial charge is 0.372 e. The van der Waals surface area contributed by atoms with Crippen LogP contribution in [0, 0.1) is 12.3 Å². The Bertz CT molecular complexity index is 248. The van der Waals surface area contributed by atoms with Crippen molar-refractivity contribution in [3.63, 3.8) is 0 Å². The highest BCUT2D eigenvalue weighted by molar-refractivity contribution is 8.13. The van der Waals surface area contributed by atoms with E-state index in [1.807, 2.05) is 6.26 Å². The molecule has 0 bridgehead atoms. The molecule has 0 heterocycles. The van der Waals surface area contributed by atoms with E-state index in [1.165, 1.54) is 18.7 Å². The van der Waals surface area contributed by atoms with E-state index in [0.717, 1.165) is 0 Å². The molecule has 0 rings (SSSR count). The summed E-state index contributed by atoms with van der Waals surface area (Å²) in [5.74, 6) is 2.26. The molecule has 0 aromatic heterocycles. The Hall–Kier alpha value is -0.720. The standard InChI is InChI=1S/C9H13NOS/c1-6-9(4,11)8(12-5)10-7(2)3/h1,11H,2H2,3-5H3. The number of terminal acetylenes is 1. The first kappa shape index (κ1) is 11.3. The molecule has 0 spiro atoms. The SMILES string of the molecule is C#CC(C)(O)C(=NC(=C)C)SC. The predicted octanol–water partition coefficient (Wildman–Crippen LogP) is 1.67. The third kappa shape index (κ3) is 3.12. The zero-order valence-corrected chi connectivity index (χ0v) is 8.40. The summed E-state index contributed by atoms with van der Waals surface area (Å²) in [5.41, 5.74) is -0.645. The van der Waals surface area contributed by atoms with Crippen molar-refractivity contribution in [2.24, 2.45) is 4.99 Å². The lowest BCUT2D eigenvalue weighted by Crippen LogP contribution is -2.30. The molecule has 0 saturated carbocycles. The topological polar surface area (TPSA) is 32.6 Å². The van der Waals surface area contributed by atoms with Crippen LogP contribution in [0.2, 0.25) is 0 Å². The van der Waals surface area contributed by atoms with Gasteiger partial charge in [-0.15, -0.1) is 18.2 Å². The number of thioether (sulfide) groups is 1. The highest BCUT2D eigenvalue weighted by atomic mass is 32.2. The smallest absolute Gasteiger partial charge is 0.170 e. The van der Waals surface area contributed by atoms with Gasteiger partial charge in [0.2, 0.25) is 0 Å². The van der Waals surface area contributed by atoms with Crippen molar-refractivity contribution in [3.05, 3.63) is 12.3 Å². The van der Waals surface area contributed by atoms with E-state index < -0.39 is 5.60 Å². The summed E-state index contributed by atoms with van der Waals surface area (Å²) >= 11 is 1.33. The van der Waals surface area contributed by atoms with Crippen LogP contribution >= 0.6 is 11.8 Å². The molecule has 0 aromatic carbocycles. The van der Waals surface area contributed by atoms with Crippen molar-refractivity contribution >= 4 is 16.8 Å². The Kier molecular flexibility index (Phi) is 4.08. The van der Waals surface area contributed by atoms with Gasteiger partial charge in [-0.1, -0.05) is 12.5 Å². The molecule has 66 valence electrons. The summed E-state index contributed by atoms with van der Waals surface area (Å²) < 4.78 is 0. The van der Waals surface area contributed by atoms with Gasteiger partial charge >= 0.3 is 0 Å². The molecule has 0 aliphatic rings. The Balaban J connectivity index is 4.82. The molecule has 0 aliphatic heterocycles. The normalized spacial score (nSPS) is 16.4. The Morgan fingerprint density at radius 3 is 2.50 bits per heavy atom. The van der Waals surface area contributed by atoms with Crippen molar-refractivity contribution in [1.82, 2.24) is 0 Å². The van der Waals surface area contributed by atoms with Gasteiger partial charge in [0.1, 0.15) is 5.04 Å². The lowest BCUT2D eigenvalue weighted by molar-refractivity contribution is 0.198. The number of rotatable bonds is 2. The van der Waals surface area contributed by atoms with E-state index >= 15 is 0 Å². The lowest BCUT2D eigenvalue weighted by Gasteiger charge is -2.16. The molecule has 0 amide bonds. The fourth-order valence-electron chi connectivity index (χ4n) is 0.588. The minimum Gasteiger partial charge on any atom is -0.372 e. The quantitative estimate of drug-likeness (QED) is 0.401. The van der Waals surface area contributed by atoms with Gasteiger partial charge < -0.3 is 5.11 Å². The monoisotopic (exact) mass is 183 g/mol. The molecule has 1 atom stereocenters. The molecule has 0 saturated heterocycles. The van der Waals surface area contributed by atoms with Crippen molar-refractivity contribution in [2.75, 3.05) is 6.26 Å². The van der Waals surface area contributed by atoms with E-state index in [1.54, 1.807) is 6.92 Å². The van der Waals surface area contributed by atoms with Crippen molar-refractivity contribution in [1.29, 1.82) is 0 Å². The zero-order valence-electron chi connectivity index (χ0n) is 7.59. The van der Waals surface area contributed by atoms with E-state index in [0.29, 0.717) is 10.7 Å². The number of hydrogen-bond acceptors (Lipinski definition) is 3. The highest BCUT2D eigenvalue weighted by Gasteiger charge is 2.23. The number of nitrogens with zero attached hydrogens (tertiary/aromatic N) is 1. The average molecular weight is 183 g/mol. The maximum Gasteiger partial charge on any atom is 0.170 e. The first-order valence-electron chi connectivity index (χ1n) is 3.43. The third-order valence-corrected chi connectivity index (χ3v) is 2.06. The van der Waals surface area contributed by atoms with Gasteiger partial charge in [0.25, 0.3) is 0 Å². The molecule has 1 N–H and O–H groups in total. The van der Waals surface area contributed by atoms with Gasteiger partial charge in [0.05, 0.1) is 0 Å². The molecular formula is C9H13NOS. The summed E-state index contributed by atoms with van der Waals surface area (Å²) in [6, 6.07) is 0. The summed E-state index contributed by atoms with van der Waals surface area (Å²) in [6.45, 7) is 6.90. The van der Waals surface area contributed by atoms with Gasteiger partial charge in [0, 0.05) is 5.70 Å². The van der Waals surface area contributed by atoms with Gasteiger partial charge in [-0.25, -0.2) is 4.99 Å². The van der Waals surface area contributed by atoms with Crippen LogP contribution in [0.25, 0.3) is 0 Å². The van der Waals surface area contributed by atoms with Crippen LogP contribution in [0.1, 0.15) is 13.8 Å². The molecule has 0 fully saturated rings. The summed E-state index contributed by atoms with van der Waals surface area (Å²) in [7, 11) is 0. The van der Waals surface area contributed by atoms with Gasteiger partial charge in [-0.05, 0) is 20.1 Å². The van der Waals surface area contributed by atoms with Crippen molar-refractivity contribution in [2.45, 2.75) is 19.4 Å². The zero-order chi connectivity index (χ0) is 9.78. The highest BCUT2D eigenvalue weighted by Crippen LogP contribution is 2.15. The lowest BCUT2D eigenvalue weighted by atomic mass is 10.1. The Morgan fingerprint density at radius 2 is 2.25 bits per heavy atom. The maximum atomic E-state index is 9.60. The summed E-state index contributed by atoms with van der Waals surface area (Å²) in [4.78, 5) is 4.03. The van der Waals surface area contributed by atoms with Crippen molar-refractivity contribution in [3.8, 4) is 12.3 Å². The molecule has 3 heteroatoms. The van der Waals surface area contributed by atoms with Crippen LogP contribution in [-0.2, 0) is 0 Å². The van der Waals surface area contributed by atoms with Crippen LogP contribution in [0.5, 0.6) is 0 Å². The first-order chi connectivity index (χ1) is 5.44. The second-order valence-electron chi connectivity index (χ2n) is 2.57. The fraction of sp³-hybridized carbons (Fsp3) is 0.444. The molecular weight excluding hydrogens is 170 g/mol. The third-order valence-electron chi connectivity index (χ3n) is 1.18.